The molecular formula is C20H29ClN4O5. The zero-order valence-electron chi connectivity index (χ0n) is 17.9. The van der Waals surface area contributed by atoms with E-state index in [1.54, 1.807) is 18.9 Å². The lowest BCUT2D eigenvalue weighted by Crippen LogP contribution is -2.47. The second-order valence-electron chi connectivity index (χ2n) is 6.61. The Labute approximate surface area is 181 Å². The van der Waals surface area contributed by atoms with Gasteiger partial charge in [-0.05, 0) is 19.4 Å². The number of carboxylic acids is 1. The van der Waals surface area contributed by atoms with Crippen LogP contribution >= 0.6 is 11.6 Å². The van der Waals surface area contributed by atoms with Crippen molar-refractivity contribution in [3.63, 3.8) is 0 Å². The first kappa shape index (κ1) is 25.3. The minimum atomic E-state index is -1.18. The molecule has 0 aliphatic rings. The number of allylic oxidation sites excluding steroid dienone is 1. The van der Waals surface area contributed by atoms with Crippen LogP contribution in [0.4, 0.5) is 0 Å². The number of aromatic amines is 1. The molecule has 2 atom stereocenters. The maximum Gasteiger partial charge on any atom is 0.339 e. The van der Waals surface area contributed by atoms with E-state index in [0.717, 1.165) is 0 Å². The van der Waals surface area contributed by atoms with Crippen LogP contribution in [0.1, 0.15) is 30.2 Å². The first-order valence-electron chi connectivity index (χ1n) is 9.21. The molecule has 1 aromatic heterocycles. The molecule has 1 amide bonds. The molecule has 0 fully saturated rings. The summed E-state index contributed by atoms with van der Waals surface area (Å²) in [5, 5.41) is 12.4. The number of ether oxygens (including phenoxy) is 2. The number of hydrogen-bond donors (Lipinski definition) is 3. The number of nitrogens with zero attached hydrogens (tertiary/aromatic N) is 2. The molecule has 166 valence electrons. The second kappa shape index (κ2) is 11.4. The highest BCUT2D eigenvalue weighted by Gasteiger charge is 2.24. The Morgan fingerprint density at radius 2 is 2.03 bits per heavy atom. The molecule has 0 radical (unpaired) electrons. The van der Waals surface area contributed by atoms with Crippen molar-refractivity contribution in [1.82, 2.24) is 20.2 Å². The summed E-state index contributed by atoms with van der Waals surface area (Å²) in [5.41, 5.74) is 0.995. The number of amides is 1. The number of hydrogen-bond acceptors (Lipinski definition) is 6. The molecule has 1 aromatic rings. The zero-order chi connectivity index (χ0) is 23.0. The van der Waals surface area contributed by atoms with E-state index in [9.17, 15) is 14.7 Å². The molecule has 0 aliphatic carbocycles. The van der Waals surface area contributed by atoms with Gasteiger partial charge in [0.25, 0.3) is 5.91 Å². The Bertz CT molecular complexity index is 833. The number of aryl methyl sites for hydroxylation is 1. The van der Waals surface area contributed by atoms with Gasteiger partial charge in [0.05, 0.1) is 24.9 Å². The third-order valence-corrected chi connectivity index (χ3v) is 4.86. The summed E-state index contributed by atoms with van der Waals surface area (Å²) >= 11 is 5.99. The van der Waals surface area contributed by atoms with E-state index in [2.05, 4.69) is 28.4 Å². The molecule has 10 heteroatoms. The van der Waals surface area contributed by atoms with Crippen molar-refractivity contribution >= 4 is 23.5 Å². The Balaban J connectivity index is 2.83. The van der Waals surface area contributed by atoms with Crippen molar-refractivity contribution < 1.29 is 24.2 Å². The van der Waals surface area contributed by atoms with Crippen molar-refractivity contribution in [3.05, 3.63) is 52.9 Å². The number of halogens is 1. The molecule has 1 heterocycles. The van der Waals surface area contributed by atoms with E-state index in [4.69, 9.17) is 21.1 Å². The minimum Gasteiger partial charge on any atom is -0.496 e. The smallest absolute Gasteiger partial charge is 0.339 e. The van der Waals surface area contributed by atoms with E-state index >= 15 is 0 Å². The molecule has 0 spiro atoms. The van der Waals surface area contributed by atoms with E-state index in [1.165, 1.54) is 20.3 Å². The van der Waals surface area contributed by atoms with Gasteiger partial charge < -0.3 is 29.8 Å². The highest BCUT2D eigenvalue weighted by molar-refractivity contribution is 6.30. The first-order chi connectivity index (χ1) is 14.0. The van der Waals surface area contributed by atoms with Crippen molar-refractivity contribution in [1.29, 1.82) is 0 Å². The van der Waals surface area contributed by atoms with Gasteiger partial charge in [-0.25, -0.2) is 9.78 Å². The van der Waals surface area contributed by atoms with Crippen molar-refractivity contribution in [2.45, 2.75) is 32.4 Å². The average Bonchev–Trinajstić information content (AvgIpc) is 3.09. The highest BCUT2D eigenvalue weighted by Crippen LogP contribution is 2.15. The average molecular weight is 441 g/mol. The number of aromatic nitrogens is 2. The van der Waals surface area contributed by atoms with Crippen LogP contribution in [-0.2, 0) is 20.7 Å². The van der Waals surface area contributed by atoms with Crippen LogP contribution in [0, 0.1) is 0 Å². The van der Waals surface area contributed by atoms with E-state index in [0.29, 0.717) is 24.4 Å². The lowest BCUT2D eigenvalue weighted by Gasteiger charge is -2.29. The number of aliphatic carboxylic acids is 1. The van der Waals surface area contributed by atoms with Gasteiger partial charge in [-0.2, -0.15) is 0 Å². The van der Waals surface area contributed by atoms with Gasteiger partial charge in [-0.3, -0.25) is 4.79 Å². The monoisotopic (exact) mass is 440 g/mol. The Kier molecular flexibility index (Phi) is 9.61. The fraction of sp³-hybridized carbons (Fsp3) is 0.450. The number of nitrogens with one attached hydrogen (secondary N) is 2. The normalized spacial score (nSPS) is 13.3. The number of imidazole rings is 1. The minimum absolute atomic E-state index is 0.0181. The number of rotatable bonds is 12. The summed E-state index contributed by atoms with van der Waals surface area (Å²) in [4.78, 5) is 32.5. The molecule has 9 nitrogen and oxygen atoms in total. The maximum atomic E-state index is 12.5. The van der Waals surface area contributed by atoms with Crippen LogP contribution in [-0.4, -0.2) is 71.8 Å². The lowest BCUT2D eigenvalue weighted by atomic mass is 10.1. The van der Waals surface area contributed by atoms with Gasteiger partial charge in [-0.1, -0.05) is 31.7 Å². The zero-order valence-corrected chi connectivity index (χ0v) is 18.7. The number of carbonyl (C=O) groups is 2. The fourth-order valence-electron chi connectivity index (χ4n) is 2.57. The van der Waals surface area contributed by atoms with Gasteiger partial charge in [0.2, 0.25) is 0 Å². The summed E-state index contributed by atoms with van der Waals surface area (Å²) in [6, 6.07) is -0.386. The van der Waals surface area contributed by atoms with Crippen molar-refractivity contribution in [2.75, 3.05) is 27.8 Å². The molecule has 0 bridgehead atoms. The number of carbonyl (C=O) groups excluding carboxylic acids is 1. The van der Waals surface area contributed by atoms with Gasteiger partial charge in [-0.15, -0.1) is 0 Å². The lowest BCUT2D eigenvalue weighted by molar-refractivity contribution is -0.132. The highest BCUT2D eigenvalue weighted by atomic mass is 35.5. The number of methoxy groups -OCH3 is 2. The molecular weight excluding hydrogens is 412 g/mol. The summed E-state index contributed by atoms with van der Waals surface area (Å²) in [7, 11) is 4.59. The molecule has 1 rings (SSSR count). The Hall–Kier alpha value is -2.78. The largest absolute Gasteiger partial charge is 0.496 e. The summed E-state index contributed by atoms with van der Waals surface area (Å²) in [6.45, 7) is 11.5. The molecule has 0 aliphatic heterocycles. The van der Waals surface area contributed by atoms with Crippen LogP contribution < -0.4 is 5.32 Å². The number of H-pyrrole nitrogens is 1. The first-order valence-corrected chi connectivity index (χ1v) is 9.59. The molecule has 30 heavy (non-hydrogen) atoms. The van der Waals surface area contributed by atoms with Crippen LogP contribution in [0.3, 0.4) is 0 Å². The van der Waals surface area contributed by atoms with Crippen LogP contribution in [0.5, 0.6) is 0 Å². The van der Waals surface area contributed by atoms with Gasteiger partial charge >= 0.3 is 5.97 Å². The molecule has 0 saturated carbocycles. The molecule has 0 aromatic carbocycles. The summed E-state index contributed by atoms with van der Waals surface area (Å²) in [6.07, 6.45) is 1.57. The van der Waals surface area contributed by atoms with Crippen LogP contribution in [0.15, 0.2) is 36.3 Å². The topological polar surface area (TPSA) is 117 Å². The predicted octanol–water partition coefficient (Wildman–Crippen LogP) is 2.38. The van der Waals surface area contributed by atoms with E-state index in [1.807, 2.05) is 6.92 Å². The van der Waals surface area contributed by atoms with Crippen LogP contribution in [0.2, 0.25) is 5.15 Å². The van der Waals surface area contributed by atoms with Gasteiger partial charge in [0, 0.05) is 26.4 Å². The quantitative estimate of drug-likeness (QED) is 0.259. The molecule has 0 saturated heterocycles. The van der Waals surface area contributed by atoms with Crippen molar-refractivity contribution in [3.8, 4) is 0 Å². The number of likely N-dealkylation sites (N-methyl/N-ethyl adjacent to an activating group) is 1. The molecule has 3 N–H and O–H groups in total. The maximum absolute atomic E-state index is 12.5. The predicted molar refractivity (Wildman–Crippen MR) is 114 cm³/mol. The third kappa shape index (κ3) is 6.64. The fourth-order valence-corrected chi connectivity index (χ4v) is 2.84. The molecule has 0 unspecified atom stereocenters. The SMILES string of the molecule is C=C(OC)/C(=C\C(=C)N(C)C[C@H](OC)[C@@H](C)NC(=O)c1nc(Cl)c(CC)[nH]1)C(=O)O. The standard InChI is InChI=1S/C20H29ClN4O5/c1-8-15-17(21)24-18(23-15)19(26)22-12(3)16(30-7)10-25(5)11(2)9-14(20(27)28)13(4)29-6/h9,12,16H,2,4,8,10H2,1,3,5-7H3,(H,22,26)(H,23,24)(H,27,28)/b14-9+/t12-,16+/m1/s1. The second-order valence-corrected chi connectivity index (χ2v) is 6.96. The van der Waals surface area contributed by atoms with Gasteiger partial charge in [0.1, 0.15) is 11.3 Å². The van der Waals surface area contributed by atoms with Gasteiger partial charge in [0.15, 0.2) is 11.0 Å². The van der Waals surface area contributed by atoms with Crippen LogP contribution in [0.25, 0.3) is 0 Å². The summed E-state index contributed by atoms with van der Waals surface area (Å²) < 4.78 is 10.4. The Morgan fingerprint density at radius 1 is 1.40 bits per heavy atom. The Morgan fingerprint density at radius 3 is 2.50 bits per heavy atom. The third-order valence-electron chi connectivity index (χ3n) is 4.55. The van der Waals surface area contributed by atoms with E-state index < -0.39 is 18.0 Å². The number of carboxylic acid groups (broad SMARTS) is 1. The summed E-state index contributed by atoms with van der Waals surface area (Å²) in [5.74, 6) is -1.44. The van der Waals surface area contributed by atoms with E-state index in [-0.39, 0.29) is 28.4 Å². The van der Waals surface area contributed by atoms with Crippen molar-refractivity contribution in [2.24, 2.45) is 0 Å².